The van der Waals surface area contributed by atoms with Gasteiger partial charge in [-0.1, -0.05) is 16.6 Å². The minimum Gasteiger partial charge on any atom is -0.606 e. The molecule has 8 heteroatoms. The summed E-state index contributed by atoms with van der Waals surface area (Å²) in [5, 5.41) is 6.38. The fourth-order valence-corrected chi connectivity index (χ4v) is 4.10. The highest BCUT2D eigenvalue weighted by Gasteiger charge is 2.28. The molecule has 3 rings (SSSR count). The van der Waals surface area contributed by atoms with Crippen LogP contribution in [0.1, 0.15) is 16.1 Å². The van der Waals surface area contributed by atoms with E-state index in [2.05, 4.69) is 14.9 Å². The molecule has 0 aliphatic rings. The zero-order chi connectivity index (χ0) is 17.1. The molecule has 0 radical (unpaired) electrons. The van der Waals surface area contributed by atoms with Crippen LogP contribution in [0, 0.1) is 12.7 Å². The Morgan fingerprint density at radius 1 is 1.25 bits per heavy atom. The molecule has 0 saturated heterocycles. The van der Waals surface area contributed by atoms with Crippen LogP contribution in [0.4, 0.5) is 10.1 Å². The summed E-state index contributed by atoms with van der Waals surface area (Å²) in [6.45, 7) is 1.90. The van der Waals surface area contributed by atoms with E-state index in [4.69, 9.17) is 0 Å². The molecule has 1 N–H and O–H groups in total. The molecule has 0 saturated carbocycles. The molecule has 0 aliphatic heterocycles. The van der Waals surface area contributed by atoms with Crippen LogP contribution in [0.25, 0.3) is 0 Å². The number of aryl methyl sites for hydroxylation is 1. The highest BCUT2D eigenvalue weighted by Crippen LogP contribution is 2.27. The van der Waals surface area contributed by atoms with E-state index in [1.165, 1.54) is 24.3 Å². The number of halogens is 1. The van der Waals surface area contributed by atoms with Crippen LogP contribution in [0.5, 0.6) is 0 Å². The first-order chi connectivity index (χ1) is 11.5. The molecule has 122 valence electrons. The molecule has 3 aromatic rings. The molecule has 2 aromatic carbocycles. The number of nitrogens with zero attached hydrogens (tertiary/aromatic N) is 2. The minimum atomic E-state index is -1.55. The van der Waals surface area contributed by atoms with E-state index < -0.39 is 22.9 Å². The van der Waals surface area contributed by atoms with Crippen LogP contribution in [-0.2, 0) is 11.2 Å². The predicted molar refractivity (Wildman–Crippen MR) is 90.1 cm³/mol. The van der Waals surface area contributed by atoms with E-state index in [0.29, 0.717) is 10.6 Å². The van der Waals surface area contributed by atoms with Gasteiger partial charge in [0.2, 0.25) is 5.69 Å². The van der Waals surface area contributed by atoms with Crippen molar-refractivity contribution in [2.45, 2.75) is 16.0 Å². The van der Waals surface area contributed by atoms with Crippen LogP contribution in [0.2, 0.25) is 0 Å². The van der Waals surface area contributed by atoms with E-state index in [-0.39, 0.29) is 9.90 Å². The van der Waals surface area contributed by atoms with Crippen molar-refractivity contribution in [3.05, 3.63) is 65.6 Å². The smallest absolute Gasteiger partial charge is 0.282 e. The zero-order valence-electron chi connectivity index (χ0n) is 12.5. The lowest BCUT2D eigenvalue weighted by Crippen LogP contribution is -2.16. The number of hydrogen-bond donors (Lipinski definition) is 1. The Bertz CT molecular complexity index is 868. The van der Waals surface area contributed by atoms with E-state index in [1.54, 1.807) is 18.2 Å². The molecular weight excluding hydrogens is 349 g/mol. The van der Waals surface area contributed by atoms with Gasteiger partial charge in [0.25, 0.3) is 10.1 Å². The number of aromatic nitrogens is 2. The van der Waals surface area contributed by atoms with Crippen molar-refractivity contribution in [1.29, 1.82) is 0 Å². The molecule has 24 heavy (non-hydrogen) atoms. The minimum absolute atomic E-state index is 0.00386. The van der Waals surface area contributed by atoms with Crippen LogP contribution < -0.4 is 5.32 Å². The van der Waals surface area contributed by atoms with Gasteiger partial charge < -0.3 is 9.87 Å². The lowest BCUT2D eigenvalue weighted by atomic mass is 10.2. The third kappa shape index (κ3) is 3.61. The summed E-state index contributed by atoms with van der Waals surface area (Å²) < 4.78 is 29.6. The maximum atomic E-state index is 12.9. The zero-order valence-corrected chi connectivity index (χ0v) is 14.2. The summed E-state index contributed by atoms with van der Waals surface area (Å²) in [4.78, 5) is 12.9. The number of benzene rings is 2. The van der Waals surface area contributed by atoms with Crippen molar-refractivity contribution < 1.29 is 13.7 Å². The molecule has 1 atom stereocenters. The van der Waals surface area contributed by atoms with Crippen molar-refractivity contribution in [2.75, 3.05) is 5.32 Å². The third-order valence-electron chi connectivity index (χ3n) is 3.15. The Morgan fingerprint density at radius 3 is 2.71 bits per heavy atom. The third-order valence-corrected chi connectivity index (χ3v) is 5.56. The first-order valence-corrected chi connectivity index (χ1v) is 8.84. The second kappa shape index (κ2) is 7.08. The molecule has 0 aliphatic carbocycles. The molecule has 0 fully saturated rings. The van der Waals surface area contributed by atoms with Gasteiger partial charge in [-0.15, -0.1) is 5.10 Å². The number of amides is 1. The number of anilines is 1. The largest absolute Gasteiger partial charge is 0.606 e. The highest BCUT2D eigenvalue weighted by atomic mass is 32.2. The van der Waals surface area contributed by atoms with E-state index in [0.717, 1.165) is 17.1 Å². The molecule has 0 spiro atoms. The predicted octanol–water partition coefficient (Wildman–Crippen LogP) is 3.40. The monoisotopic (exact) mass is 361 g/mol. The summed E-state index contributed by atoms with van der Waals surface area (Å²) in [6, 6.07) is 12.6. The van der Waals surface area contributed by atoms with Gasteiger partial charge >= 0.3 is 0 Å². The molecule has 0 bridgehead atoms. The average Bonchev–Trinajstić information content (AvgIpc) is 3.06. The van der Waals surface area contributed by atoms with E-state index in [9.17, 15) is 13.7 Å². The average molecular weight is 361 g/mol. The topological polar surface area (TPSA) is 77.9 Å². The summed E-state index contributed by atoms with van der Waals surface area (Å²) in [5.41, 5.74) is 1.39. The summed E-state index contributed by atoms with van der Waals surface area (Å²) in [6.07, 6.45) is 0. The first kappa shape index (κ1) is 16.6. The SMILES string of the molecule is Cc1cccc([S+]([O-])c2snnc2C(=O)Nc2ccc(F)cc2)c1. The lowest BCUT2D eigenvalue weighted by Gasteiger charge is -2.09. The Kier molecular flexibility index (Phi) is 4.89. The van der Waals surface area contributed by atoms with Gasteiger partial charge in [0, 0.05) is 28.4 Å². The standard InChI is InChI=1S/C16H12FN3O2S2/c1-10-3-2-4-13(9-10)24(22)16-14(19-20-23-16)15(21)18-12-7-5-11(17)6-8-12/h2-9H,1H3,(H,18,21). The fraction of sp³-hybridized carbons (Fsp3) is 0.0625. The van der Waals surface area contributed by atoms with Crippen LogP contribution in [-0.4, -0.2) is 20.0 Å². The molecule has 5 nitrogen and oxygen atoms in total. The lowest BCUT2D eigenvalue weighted by molar-refractivity contribution is 0.101. The second-order valence-corrected chi connectivity index (χ2v) is 7.38. The number of rotatable bonds is 4. The van der Waals surface area contributed by atoms with E-state index >= 15 is 0 Å². The highest BCUT2D eigenvalue weighted by molar-refractivity contribution is 7.93. The van der Waals surface area contributed by atoms with Gasteiger partial charge in [0.05, 0.1) is 0 Å². The van der Waals surface area contributed by atoms with Crippen LogP contribution in [0.3, 0.4) is 0 Å². The fourth-order valence-electron chi connectivity index (χ4n) is 2.00. The molecule has 1 aromatic heterocycles. The Morgan fingerprint density at radius 2 is 2.00 bits per heavy atom. The number of carbonyl (C=O) groups is 1. The Hall–Kier alpha value is -2.29. The summed E-state index contributed by atoms with van der Waals surface area (Å²) in [5.74, 6) is -0.934. The molecule has 1 amide bonds. The maximum Gasteiger partial charge on any atom is 0.282 e. The summed E-state index contributed by atoms with van der Waals surface area (Å²) in [7, 11) is 0. The molecule has 1 unspecified atom stereocenters. The number of carbonyl (C=O) groups excluding carboxylic acids is 1. The van der Waals surface area contributed by atoms with Crippen molar-refractivity contribution >= 4 is 34.3 Å². The normalized spacial score (nSPS) is 12.0. The van der Waals surface area contributed by atoms with Crippen molar-refractivity contribution in [3.63, 3.8) is 0 Å². The van der Waals surface area contributed by atoms with Crippen molar-refractivity contribution in [1.82, 2.24) is 9.59 Å². The second-order valence-electron chi connectivity index (χ2n) is 4.96. The van der Waals surface area contributed by atoms with Gasteiger partial charge in [-0.2, -0.15) is 0 Å². The maximum absolute atomic E-state index is 12.9. The molecular formula is C16H12FN3O2S2. The quantitative estimate of drug-likeness (QED) is 0.723. The van der Waals surface area contributed by atoms with Crippen molar-refractivity contribution in [3.8, 4) is 0 Å². The van der Waals surface area contributed by atoms with Gasteiger partial charge in [0.15, 0.2) is 4.90 Å². The van der Waals surface area contributed by atoms with Crippen molar-refractivity contribution in [2.24, 2.45) is 0 Å². The number of hydrogen-bond acceptors (Lipinski definition) is 5. The summed E-state index contributed by atoms with van der Waals surface area (Å²) >= 11 is -0.629. The van der Waals surface area contributed by atoms with Gasteiger partial charge in [-0.3, -0.25) is 4.79 Å². The van der Waals surface area contributed by atoms with E-state index in [1.807, 2.05) is 13.0 Å². The van der Waals surface area contributed by atoms with Crippen LogP contribution in [0.15, 0.2) is 57.6 Å². The van der Waals surface area contributed by atoms with Gasteiger partial charge in [-0.05, 0) is 48.9 Å². The van der Waals surface area contributed by atoms with Gasteiger partial charge in [0.1, 0.15) is 5.82 Å². The van der Waals surface area contributed by atoms with Gasteiger partial charge in [-0.25, -0.2) is 4.39 Å². The Balaban J connectivity index is 1.84. The molecule has 1 heterocycles. The van der Waals surface area contributed by atoms with Crippen LogP contribution >= 0.6 is 11.5 Å². The Labute approximate surface area is 144 Å². The first-order valence-electron chi connectivity index (χ1n) is 6.92. The number of nitrogens with one attached hydrogen (secondary N) is 1.